The molecule has 3 aromatic rings. The molecular weight excluding hydrogens is 414 g/mol. The zero-order valence-electron chi connectivity index (χ0n) is 14.9. The number of carbonyl (C=O) groups is 3. The Balaban J connectivity index is 1.53. The van der Waals surface area contributed by atoms with E-state index in [-0.39, 0.29) is 22.2 Å². The van der Waals surface area contributed by atoms with E-state index < -0.39 is 11.8 Å². The second kappa shape index (κ2) is 9.22. The van der Waals surface area contributed by atoms with E-state index >= 15 is 0 Å². The summed E-state index contributed by atoms with van der Waals surface area (Å²) in [5.74, 6) is -1.65. The van der Waals surface area contributed by atoms with E-state index in [4.69, 9.17) is 11.6 Å². The monoisotopic (exact) mass is 429 g/mol. The van der Waals surface area contributed by atoms with Gasteiger partial charge in [0, 0.05) is 17.1 Å². The maximum absolute atomic E-state index is 12.2. The lowest BCUT2D eigenvalue weighted by Gasteiger charge is -2.09. The fourth-order valence-corrected chi connectivity index (χ4v) is 3.21. The summed E-state index contributed by atoms with van der Waals surface area (Å²) in [6.07, 6.45) is 0. The molecule has 0 aliphatic rings. The number of hydrogen-bond donors (Lipinski definition) is 4. The van der Waals surface area contributed by atoms with Crippen molar-refractivity contribution in [3.05, 3.63) is 86.6 Å². The summed E-state index contributed by atoms with van der Waals surface area (Å²) >= 11 is 7.16. The number of rotatable bonds is 5. The Morgan fingerprint density at radius 3 is 2.34 bits per heavy atom. The standard InChI is InChI=1S/C20H16ClN3O4S/c21-14-7-8-16(25)15(10-14)19(27)24-23-18(26)13-5-3-12(4-6-13)11-22-20(28)17-2-1-9-29-17/h1-10,25H,11H2,(H,22,28)(H,23,26)(H,24,27). The topological polar surface area (TPSA) is 108 Å². The molecule has 0 bridgehead atoms. The Bertz CT molecular complexity index is 1040. The van der Waals surface area contributed by atoms with Crippen LogP contribution in [0.3, 0.4) is 0 Å². The molecule has 29 heavy (non-hydrogen) atoms. The van der Waals surface area contributed by atoms with Gasteiger partial charge in [0.1, 0.15) is 5.75 Å². The molecule has 3 amide bonds. The average Bonchev–Trinajstić information content (AvgIpc) is 3.27. The van der Waals surface area contributed by atoms with Crippen molar-refractivity contribution >= 4 is 40.7 Å². The number of hydrogen-bond acceptors (Lipinski definition) is 5. The van der Waals surface area contributed by atoms with E-state index in [1.165, 1.54) is 29.5 Å². The van der Waals surface area contributed by atoms with Crippen LogP contribution in [0.25, 0.3) is 0 Å². The number of carbonyl (C=O) groups excluding carboxylic acids is 3. The van der Waals surface area contributed by atoms with Crippen molar-refractivity contribution < 1.29 is 19.5 Å². The van der Waals surface area contributed by atoms with Crippen molar-refractivity contribution in [3.63, 3.8) is 0 Å². The van der Waals surface area contributed by atoms with Crippen LogP contribution in [0.4, 0.5) is 0 Å². The van der Waals surface area contributed by atoms with Crippen LogP contribution in [0.2, 0.25) is 5.02 Å². The predicted octanol–water partition coefficient (Wildman–Crippen LogP) is 3.11. The van der Waals surface area contributed by atoms with Crippen LogP contribution in [-0.4, -0.2) is 22.8 Å². The molecular formula is C20H16ClN3O4S. The van der Waals surface area contributed by atoms with E-state index in [0.717, 1.165) is 5.56 Å². The van der Waals surface area contributed by atoms with Crippen molar-refractivity contribution in [2.45, 2.75) is 6.54 Å². The van der Waals surface area contributed by atoms with Gasteiger partial charge in [0.25, 0.3) is 17.7 Å². The van der Waals surface area contributed by atoms with Crippen LogP contribution in [0.15, 0.2) is 60.0 Å². The number of aromatic hydroxyl groups is 1. The summed E-state index contributed by atoms with van der Waals surface area (Å²) in [5.41, 5.74) is 5.57. The molecule has 0 aliphatic heterocycles. The molecule has 0 unspecified atom stereocenters. The number of benzene rings is 2. The first-order valence-corrected chi connectivity index (χ1v) is 9.69. The van der Waals surface area contributed by atoms with E-state index in [1.807, 2.05) is 5.38 Å². The molecule has 3 rings (SSSR count). The molecule has 1 heterocycles. The fourth-order valence-electron chi connectivity index (χ4n) is 2.39. The minimum absolute atomic E-state index is 0.0605. The van der Waals surface area contributed by atoms with Gasteiger partial charge in [-0.05, 0) is 47.3 Å². The number of nitrogens with one attached hydrogen (secondary N) is 3. The lowest BCUT2D eigenvalue weighted by Crippen LogP contribution is -2.41. The Kier molecular flexibility index (Phi) is 6.48. The number of thiophene rings is 1. The molecule has 2 aromatic carbocycles. The van der Waals surface area contributed by atoms with Crippen LogP contribution in [-0.2, 0) is 6.54 Å². The number of hydrazine groups is 1. The minimum atomic E-state index is -0.703. The highest BCUT2D eigenvalue weighted by Gasteiger charge is 2.13. The summed E-state index contributed by atoms with van der Waals surface area (Å²) in [7, 11) is 0. The second-order valence-electron chi connectivity index (χ2n) is 5.93. The smallest absolute Gasteiger partial charge is 0.273 e. The molecule has 0 saturated heterocycles. The summed E-state index contributed by atoms with van der Waals surface area (Å²) < 4.78 is 0. The molecule has 9 heteroatoms. The first kappa shape index (κ1) is 20.4. The first-order valence-electron chi connectivity index (χ1n) is 8.44. The van der Waals surface area contributed by atoms with Gasteiger partial charge in [-0.15, -0.1) is 11.3 Å². The van der Waals surface area contributed by atoms with Gasteiger partial charge in [-0.1, -0.05) is 29.8 Å². The highest BCUT2D eigenvalue weighted by atomic mass is 35.5. The van der Waals surface area contributed by atoms with Gasteiger partial charge in [-0.2, -0.15) is 0 Å². The molecule has 0 aliphatic carbocycles. The van der Waals surface area contributed by atoms with Gasteiger partial charge in [0.2, 0.25) is 0 Å². The summed E-state index contributed by atoms with van der Waals surface area (Å²) in [6.45, 7) is 0.323. The van der Waals surface area contributed by atoms with E-state index in [9.17, 15) is 19.5 Å². The largest absolute Gasteiger partial charge is 0.507 e. The summed E-state index contributed by atoms with van der Waals surface area (Å²) in [4.78, 5) is 36.8. The lowest BCUT2D eigenvalue weighted by atomic mass is 10.1. The third-order valence-corrected chi connectivity index (χ3v) is 5.01. The third-order valence-electron chi connectivity index (χ3n) is 3.91. The number of phenolic OH excluding ortho intramolecular Hbond substituents is 1. The van der Waals surface area contributed by atoms with Gasteiger partial charge < -0.3 is 10.4 Å². The quantitative estimate of drug-likeness (QED) is 0.467. The molecule has 0 fully saturated rings. The number of amides is 3. The third kappa shape index (κ3) is 5.34. The molecule has 7 nitrogen and oxygen atoms in total. The van der Waals surface area contributed by atoms with E-state index in [1.54, 1.807) is 36.4 Å². The van der Waals surface area contributed by atoms with Crippen LogP contribution in [0.1, 0.15) is 36.0 Å². The lowest BCUT2D eigenvalue weighted by molar-refractivity contribution is 0.0845. The minimum Gasteiger partial charge on any atom is -0.507 e. The molecule has 4 N–H and O–H groups in total. The van der Waals surface area contributed by atoms with Crippen molar-refractivity contribution in [2.75, 3.05) is 0 Å². The zero-order chi connectivity index (χ0) is 20.8. The molecule has 0 radical (unpaired) electrons. The second-order valence-corrected chi connectivity index (χ2v) is 7.31. The summed E-state index contributed by atoms with van der Waals surface area (Å²) in [5, 5.41) is 14.6. The van der Waals surface area contributed by atoms with Gasteiger partial charge in [0.15, 0.2) is 0 Å². The van der Waals surface area contributed by atoms with Crippen molar-refractivity contribution in [1.82, 2.24) is 16.2 Å². The van der Waals surface area contributed by atoms with Crippen molar-refractivity contribution in [1.29, 1.82) is 0 Å². The fraction of sp³-hybridized carbons (Fsp3) is 0.0500. The summed E-state index contributed by atoms with van der Waals surface area (Å²) in [6, 6.07) is 14.1. The number of phenols is 1. The van der Waals surface area contributed by atoms with Crippen LogP contribution < -0.4 is 16.2 Å². The number of halogens is 1. The molecule has 1 aromatic heterocycles. The van der Waals surface area contributed by atoms with Gasteiger partial charge in [-0.25, -0.2) is 0 Å². The van der Waals surface area contributed by atoms with Crippen LogP contribution in [0, 0.1) is 0 Å². The Labute approximate surface area is 175 Å². The van der Waals surface area contributed by atoms with Crippen molar-refractivity contribution in [3.8, 4) is 5.75 Å². The van der Waals surface area contributed by atoms with Gasteiger partial charge >= 0.3 is 0 Å². The molecule has 0 atom stereocenters. The average molecular weight is 430 g/mol. The first-order chi connectivity index (χ1) is 13.9. The Morgan fingerprint density at radius 2 is 1.66 bits per heavy atom. The van der Waals surface area contributed by atoms with Crippen LogP contribution in [0.5, 0.6) is 5.75 Å². The van der Waals surface area contributed by atoms with Crippen LogP contribution >= 0.6 is 22.9 Å². The predicted molar refractivity (Wildman–Crippen MR) is 110 cm³/mol. The molecule has 148 valence electrons. The highest BCUT2D eigenvalue weighted by molar-refractivity contribution is 7.12. The Hall–Kier alpha value is -3.36. The van der Waals surface area contributed by atoms with Crippen molar-refractivity contribution in [2.24, 2.45) is 0 Å². The van der Waals surface area contributed by atoms with Gasteiger partial charge in [-0.3, -0.25) is 25.2 Å². The van der Waals surface area contributed by atoms with Gasteiger partial charge in [0.05, 0.1) is 10.4 Å². The maximum Gasteiger partial charge on any atom is 0.273 e. The normalized spacial score (nSPS) is 10.2. The Morgan fingerprint density at radius 1 is 0.931 bits per heavy atom. The van der Waals surface area contributed by atoms with E-state index in [2.05, 4.69) is 16.2 Å². The molecule has 0 saturated carbocycles. The SMILES string of the molecule is O=C(NNC(=O)c1cc(Cl)ccc1O)c1ccc(CNC(=O)c2cccs2)cc1. The van der Waals surface area contributed by atoms with E-state index in [0.29, 0.717) is 17.0 Å². The highest BCUT2D eigenvalue weighted by Crippen LogP contribution is 2.21. The zero-order valence-corrected chi connectivity index (χ0v) is 16.5. The maximum atomic E-state index is 12.2. The molecule has 0 spiro atoms.